The lowest BCUT2D eigenvalue weighted by molar-refractivity contribution is -0.113. The van der Waals surface area contributed by atoms with E-state index in [0.29, 0.717) is 28.8 Å². The van der Waals surface area contributed by atoms with Crippen molar-refractivity contribution in [1.29, 1.82) is 0 Å². The van der Waals surface area contributed by atoms with E-state index in [-0.39, 0.29) is 17.2 Å². The molecule has 1 aliphatic heterocycles. The smallest absolute Gasteiger partial charge is 0.256 e. The Bertz CT molecular complexity index is 1090. The number of carbonyl (C=O) groups is 2. The first-order valence-electron chi connectivity index (χ1n) is 9.07. The molecule has 148 valence electrons. The molecule has 2 aromatic heterocycles. The molecule has 4 rings (SSSR count). The van der Waals surface area contributed by atoms with Crippen molar-refractivity contribution in [2.24, 2.45) is 0 Å². The standard InChI is InChI=1S/C20H20N6O2S/c1-20(2,3)15-10-16(26(25-15)19-21-7-4-8-22-19)24-18(28)12-5-6-14-13(9-12)23-17(27)11-29-14/h4-10H,11H2,1-3H3,(H,23,27)(H,24,28). The van der Waals surface area contributed by atoms with Gasteiger partial charge in [0, 0.05) is 34.3 Å². The van der Waals surface area contributed by atoms with Gasteiger partial charge in [0.15, 0.2) is 0 Å². The zero-order chi connectivity index (χ0) is 20.6. The van der Waals surface area contributed by atoms with Crippen LogP contribution < -0.4 is 10.6 Å². The molecular formula is C20H20N6O2S. The third-order valence-electron chi connectivity index (χ3n) is 4.34. The van der Waals surface area contributed by atoms with Gasteiger partial charge in [0.1, 0.15) is 5.82 Å². The van der Waals surface area contributed by atoms with Gasteiger partial charge in [0.2, 0.25) is 5.91 Å². The molecule has 0 atom stereocenters. The van der Waals surface area contributed by atoms with Gasteiger partial charge in [0.25, 0.3) is 11.9 Å². The number of carbonyl (C=O) groups excluding carboxylic acids is 2. The summed E-state index contributed by atoms with van der Waals surface area (Å²) in [6.45, 7) is 6.13. The van der Waals surface area contributed by atoms with Crippen LogP contribution in [0.15, 0.2) is 47.6 Å². The van der Waals surface area contributed by atoms with E-state index < -0.39 is 0 Å². The number of anilines is 2. The van der Waals surface area contributed by atoms with Crippen molar-refractivity contribution in [1.82, 2.24) is 19.7 Å². The maximum absolute atomic E-state index is 12.9. The van der Waals surface area contributed by atoms with Gasteiger partial charge in [-0.3, -0.25) is 9.59 Å². The zero-order valence-corrected chi connectivity index (χ0v) is 17.1. The third kappa shape index (κ3) is 4.00. The molecule has 9 heteroatoms. The summed E-state index contributed by atoms with van der Waals surface area (Å²) in [7, 11) is 0. The minimum atomic E-state index is -0.310. The van der Waals surface area contributed by atoms with Crippen LogP contribution in [0.2, 0.25) is 0 Å². The van der Waals surface area contributed by atoms with E-state index in [4.69, 9.17) is 0 Å². The second-order valence-corrected chi connectivity index (χ2v) is 8.64. The number of nitrogens with one attached hydrogen (secondary N) is 2. The summed E-state index contributed by atoms with van der Waals surface area (Å²) < 4.78 is 1.52. The van der Waals surface area contributed by atoms with Gasteiger partial charge in [-0.05, 0) is 24.3 Å². The Morgan fingerprint density at radius 3 is 2.69 bits per heavy atom. The van der Waals surface area contributed by atoms with E-state index in [1.807, 2.05) is 32.9 Å². The number of rotatable bonds is 3. The van der Waals surface area contributed by atoms with Crippen molar-refractivity contribution >= 4 is 35.1 Å². The Hall–Kier alpha value is -3.20. The third-order valence-corrected chi connectivity index (χ3v) is 5.41. The first-order valence-corrected chi connectivity index (χ1v) is 10.1. The zero-order valence-electron chi connectivity index (χ0n) is 16.3. The fourth-order valence-electron chi connectivity index (χ4n) is 2.80. The normalized spacial score (nSPS) is 13.6. The predicted octanol–water partition coefficient (Wildman–Crippen LogP) is 3.26. The van der Waals surface area contributed by atoms with Gasteiger partial charge >= 0.3 is 0 Å². The summed E-state index contributed by atoms with van der Waals surface area (Å²) in [5.74, 6) is 0.837. The van der Waals surface area contributed by atoms with Crippen LogP contribution in [0.5, 0.6) is 0 Å². The molecule has 8 nitrogen and oxygen atoms in total. The van der Waals surface area contributed by atoms with E-state index in [1.54, 1.807) is 30.6 Å². The number of hydrogen-bond acceptors (Lipinski definition) is 6. The molecule has 1 aromatic carbocycles. The number of amides is 2. The summed E-state index contributed by atoms with van der Waals surface area (Å²) >= 11 is 1.45. The topological polar surface area (TPSA) is 102 Å². The lowest BCUT2D eigenvalue weighted by Crippen LogP contribution is -2.20. The summed E-state index contributed by atoms with van der Waals surface area (Å²) in [5, 5.41) is 10.3. The Balaban J connectivity index is 1.67. The largest absolute Gasteiger partial charge is 0.324 e. The molecule has 3 aromatic rings. The average Bonchev–Trinajstić information content (AvgIpc) is 3.12. The van der Waals surface area contributed by atoms with Gasteiger partial charge in [-0.15, -0.1) is 11.8 Å². The van der Waals surface area contributed by atoms with Crippen molar-refractivity contribution in [3.8, 4) is 5.95 Å². The first-order chi connectivity index (χ1) is 13.8. The highest BCUT2D eigenvalue weighted by Crippen LogP contribution is 2.32. The number of fused-ring (bicyclic) bond motifs is 1. The van der Waals surface area contributed by atoms with Gasteiger partial charge < -0.3 is 10.6 Å². The molecule has 0 spiro atoms. The van der Waals surface area contributed by atoms with Crippen LogP contribution in [0.4, 0.5) is 11.5 Å². The Kier molecular flexibility index (Phi) is 4.83. The number of benzene rings is 1. The molecule has 0 bridgehead atoms. The molecule has 0 saturated carbocycles. The lowest BCUT2D eigenvalue weighted by atomic mass is 9.92. The number of aromatic nitrogens is 4. The van der Waals surface area contributed by atoms with Crippen molar-refractivity contribution in [2.45, 2.75) is 31.1 Å². The molecule has 2 amide bonds. The average molecular weight is 408 g/mol. The molecule has 3 heterocycles. The van der Waals surface area contributed by atoms with Crippen molar-refractivity contribution < 1.29 is 9.59 Å². The highest BCUT2D eigenvalue weighted by molar-refractivity contribution is 8.00. The first kappa shape index (κ1) is 19.1. The maximum atomic E-state index is 12.9. The van der Waals surface area contributed by atoms with E-state index in [2.05, 4.69) is 25.7 Å². The SMILES string of the molecule is CC(C)(C)c1cc(NC(=O)c2ccc3c(c2)NC(=O)CS3)n(-c2ncccn2)n1. The molecule has 1 aliphatic rings. The van der Waals surface area contributed by atoms with Crippen LogP contribution in [0, 0.1) is 0 Å². The van der Waals surface area contributed by atoms with E-state index >= 15 is 0 Å². The van der Waals surface area contributed by atoms with Gasteiger partial charge in [-0.1, -0.05) is 20.8 Å². The minimum absolute atomic E-state index is 0.0748. The van der Waals surface area contributed by atoms with Crippen LogP contribution in [-0.4, -0.2) is 37.3 Å². The van der Waals surface area contributed by atoms with Gasteiger partial charge in [-0.2, -0.15) is 9.78 Å². The monoisotopic (exact) mass is 408 g/mol. The molecule has 0 saturated heterocycles. The molecule has 0 aliphatic carbocycles. The van der Waals surface area contributed by atoms with Crippen LogP contribution in [-0.2, 0) is 10.2 Å². The maximum Gasteiger partial charge on any atom is 0.256 e. The summed E-state index contributed by atoms with van der Waals surface area (Å²) in [6.07, 6.45) is 3.24. The van der Waals surface area contributed by atoms with E-state index in [0.717, 1.165) is 10.6 Å². The fourth-order valence-corrected chi connectivity index (χ4v) is 3.59. The molecular weight excluding hydrogens is 388 g/mol. The van der Waals surface area contributed by atoms with Crippen LogP contribution in [0.25, 0.3) is 5.95 Å². The van der Waals surface area contributed by atoms with E-state index in [1.165, 1.54) is 16.4 Å². The van der Waals surface area contributed by atoms with Crippen LogP contribution in [0.3, 0.4) is 0 Å². The Labute approximate surface area is 172 Å². The molecule has 0 unspecified atom stereocenters. The van der Waals surface area contributed by atoms with Gasteiger partial charge in [0.05, 0.1) is 17.1 Å². The second-order valence-electron chi connectivity index (χ2n) is 7.63. The molecule has 2 N–H and O–H groups in total. The highest BCUT2D eigenvalue weighted by Gasteiger charge is 2.23. The molecule has 0 fully saturated rings. The lowest BCUT2D eigenvalue weighted by Gasteiger charge is -2.17. The number of hydrogen-bond donors (Lipinski definition) is 2. The van der Waals surface area contributed by atoms with E-state index in [9.17, 15) is 9.59 Å². The van der Waals surface area contributed by atoms with Crippen molar-refractivity contribution in [3.63, 3.8) is 0 Å². The van der Waals surface area contributed by atoms with Crippen molar-refractivity contribution in [3.05, 3.63) is 54.0 Å². The number of nitrogens with zero attached hydrogens (tertiary/aromatic N) is 4. The second kappa shape index (κ2) is 7.32. The Morgan fingerprint density at radius 2 is 1.97 bits per heavy atom. The summed E-state index contributed by atoms with van der Waals surface area (Å²) in [6, 6.07) is 8.80. The molecule has 0 radical (unpaired) electrons. The van der Waals surface area contributed by atoms with Crippen LogP contribution in [0.1, 0.15) is 36.8 Å². The van der Waals surface area contributed by atoms with Crippen LogP contribution >= 0.6 is 11.8 Å². The van der Waals surface area contributed by atoms with Gasteiger partial charge in [-0.25, -0.2) is 9.97 Å². The fraction of sp³-hybridized carbons (Fsp3) is 0.250. The summed E-state index contributed by atoms with van der Waals surface area (Å²) in [5.41, 5.74) is 1.67. The minimum Gasteiger partial charge on any atom is -0.324 e. The Morgan fingerprint density at radius 1 is 1.21 bits per heavy atom. The quantitative estimate of drug-likeness (QED) is 0.690. The van der Waals surface area contributed by atoms with Crippen molar-refractivity contribution in [2.75, 3.05) is 16.4 Å². The highest BCUT2D eigenvalue weighted by atomic mass is 32.2. The number of thioether (sulfide) groups is 1. The summed E-state index contributed by atoms with van der Waals surface area (Å²) in [4.78, 5) is 34.0. The predicted molar refractivity (Wildman–Crippen MR) is 112 cm³/mol. The molecule has 29 heavy (non-hydrogen) atoms.